The maximum atomic E-state index is 12.0. The molecule has 0 aliphatic rings. The molecule has 0 aromatic heterocycles. The third-order valence-electron chi connectivity index (χ3n) is 18.6. The number of amides is 3. The average Bonchev–Trinajstić information content (AvgIpc) is 3.55. The molecule has 0 atom stereocenters. The summed E-state index contributed by atoms with van der Waals surface area (Å²) in [6.45, 7) is 13.0. The number of hydrogen-bond acceptors (Lipinski definition) is 6. The minimum Gasteiger partial charge on any atom is -0.395 e. The van der Waals surface area contributed by atoms with Crippen LogP contribution in [0.5, 0.6) is 0 Å². The molecule has 0 unspecified atom stereocenters. The van der Waals surface area contributed by atoms with Crippen molar-refractivity contribution in [3.63, 3.8) is 0 Å². The summed E-state index contributed by atoms with van der Waals surface area (Å²) in [4.78, 5) is 36.8. The molecule has 0 aromatic carbocycles. The van der Waals surface area contributed by atoms with E-state index in [1.54, 1.807) is 0 Å². The van der Waals surface area contributed by atoms with Gasteiger partial charge in [0, 0.05) is 45.4 Å². The number of carbonyl (C=O) groups excluding carboxylic acids is 3. The lowest BCUT2D eigenvalue weighted by Gasteiger charge is -2.19. The molecule has 0 heterocycles. The van der Waals surface area contributed by atoms with Crippen LogP contribution in [0.3, 0.4) is 0 Å². The Morgan fingerprint density at radius 2 is 0.473 bits per heavy atom. The third kappa shape index (κ3) is 92.3. The second kappa shape index (κ2) is 88.0. The largest absolute Gasteiger partial charge is 0.395 e. The Bertz CT molecular complexity index is 1330. The van der Waals surface area contributed by atoms with Crippen LogP contribution in [0.1, 0.15) is 451 Å². The van der Waals surface area contributed by atoms with Crippen LogP contribution in [0.15, 0.2) is 12.2 Å². The van der Waals surface area contributed by atoms with E-state index in [-0.39, 0.29) is 30.9 Å². The van der Waals surface area contributed by atoms with E-state index in [9.17, 15) is 14.4 Å². The highest BCUT2D eigenvalue weighted by Gasteiger charge is 2.06. The second-order valence-electron chi connectivity index (χ2n) is 27.9. The fraction of sp³-hybridized carbons (Fsp3) is 0.939. The van der Waals surface area contributed by atoms with Gasteiger partial charge in [-0.25, -0.2) is 0 Å². The van der Waals surface area contributed by atoms with E-state index in [0.29, 0.717) is 45.4 Å². The summed E-state index contributed by atoms with van der Waals surface area (Å²) in [7, 11) is 0. The van der Waals surface area contributed by atoms with Crippen LogP contribution in [0, 0.1) is 0 Å². The molecule has 0 bridgehead atoms. The number of nitrogens with one attached hydrogen (secondary N) is 2. The molecule has 0 fully saturated rings. The Balaban J connectivity index is -0.00000136. The Morgan fingerprint density at radius 1 is 0.275 bits per heavy atom. The normalized spacial score (nSPS) is 11.3. The zero-order valence-corrected chi connectivity index (χ0v) is 62.4. The van der Waals surface area contributed by atoms with Gasteiger partial charge in [-0.05, 0) is 57.9 Å². The van der Waals surface area contributed by atoms with Gasteiger partial charge in [-0.1, -0.05) is 393 Å². The first-order valence-corrected chi connectivity index (χ1v) is 41.2. The minimum atomic E-state index is -0.156. The number of nitrogens with zero attached hydrogens (tertiary/aromatic N) is 1. The smallest absolute Gasteiger partial charge is 0.220 e. The van der Waals surface area contributed by atoms with Gasteiger partial charge in [0.1, 0.15) is 0 Å². The third-order valence-corrected chi connectivity index (χ3v) is 18.6. The number of nitrogens with two attached hydrogens (primary N) is 1. The van der Waals surface area contributed by atoms with Crippen LogP contribution in [0.4, 0.5) is 0 Å². The number of unbranched alkanes of at least 4 members (excludes halogenated alkanes) is 58. The van der Waals surface area contributed by atoms with Gasteiger partial charge in [0.15, 0.2) is 0 Å². The molecular weight excluding hydrogens is 1120 g/mol. The Kier molecular flexibility index (Phi) is 90.2. The minimum absolute atomic E-state index is 0.126. The Labute approximate surface area is 570 Å². The molecule has 6 N–H and O–H groups in total. The van der Waals surface area contributed by atoms with Gasteiger partial charge in [-0.2, -0.15) is 0 Å². The highest BCUT2D eigenvalue weighted by Crippen LogP contribution is 2.18. The van der Waals surface area contributed by atoms with Gasteiger partial charge in [-0.15, -0.1) is 0 Å². The molecule has 0 aliphatic carbocycles. The van der Waals surface area contributed by atoms with E-state index in [1.807, 2.05) is 0 Å². The van der Waals surface area contributed by atoms with Crippen LogP contribution in [-0.2, 0) is 14.4 Å². The summed E-state index contributed by atoms with van der Waals surface area (Å²) in [5.74, 6) is 0.0960. The van der Waals surface area contributed by atoms with Crippen molar-refractivity contribution >= 4 is 17.7 Å². The first-order valence-electron chi connectivity index (χ1n) is 41.2. The summed E-state index contributed by atoms with van der Waals surface area (Å²) < 4.78 is 0. The number of rotatable bonds is 75. The lowest BCUT2D eigenvalue weighted by molar-refractivity contribution is -0.123. The number of aliphatic hydroxyl groups is 2. The van der Waals surface area contributed by atoms with Crippen molar-refractivity contribution in [1.82, 2.24) is 15.5 Å². The molecule has 91 heavy (non-hydrogen) atoms. The Morgan fingerprint density at radius 3 is 0.692 bits per heavy atom. The first kappa shape index (κ1) is 93.2. The van der Waals surface area contributed by atoms with Crippen molar-refractivity contribution in [2.45, 2.75) is 451 Å². The molecule has 0 spiro atoms. The summed E-state index contributed by atoms with van der Waals surface area (Å²) in [5.41, 5.74) is 5.13. The van der Waals surface area contributed by atoms with Crippen LogP contribution in [0.2, 0.25) is 0 Å². The molecule has 544 valence electrons. The summed E-state index contributed by atoms with van der Waals surface area (Å²) in [5, 5.41) is 23.9. The number of allylic oxidation sites excluding steroid dienone is 2. The predicted molar refractivity (Wildman–Crippen MR) is 402 cm³/mol. The summed E-state index contributed by atoms with van der Waals surface area (Å²) >= 11 is 0. The number of primary amides is 1. The quantitative estimate of drug-likeness (QED) is 0.0303. The van der Waals surface area contributed by atoms with E-state index in [0.717, 1.165) is 45.1 Å². The average molecular weight is 1290 g/mol. The second-order valence-corrected chi connectivity index (χ2v) is 27.9. The van der Waals surface area contributed by atoms with Gasteiger partial charge in [0.05, 0.1) is 13.2 Å². The van der Waals surface area contributed by atoms with Gasteiger partial charge in [0.25, 0.3) is 0 Å². The number of carbonyl (C=O) groups is 3. The maximum absolute atomic E-state index is 12.0. The van der Waals surface area contributed by atoms with Gasteiger partial charge in [-0.3, -0.25) is 19.3 Å². The van der Waals surface area contributed by atoms with E-state index in [1.165, 1.54) is 366 Å². The Hall–Kier alpha value is -1.97. The zero-order valence-electron chi connectivity index (χ0n) is 62.4. The SMILES string of the molecule is CCCCCCCC/C=C\CCCCCCCCCCCC(N)=O.CCCCCCCCCCCCCCCCCC(=O)NCCNC(=O)CCCCCCCCCCCCCCCCC.CCCCCCCCCCCCCCCCCCN(CCO)CCO. The van der Waals surface area contributed by atoms with Crippen LogP contribution >= 0.6 is 0 Å². The predicted octanol–water partition coefficient (Wildman–Crippen LogP) is 24.3. The molecule has 0 saturated heterocycles. The van der Waals surface area contributed by atoms with Crippen molar-refractivity contribution < 1.29 is 24.6 Å². The van der Waals surface area contributed by atoms with Crippen molar-refractivity contribution in [3.05, 3.63) is 12.2 Å². The van der Waals surface area contributed by atoms with E-state index < -0.39 is 0 Å². The standard InChI is InChI=1S/C38H76N2O2.C22H47NO2.C22H43NO/c1-3-5-7-9-11-13-15-17-19-21-23-25-27-29-31-33-37(41)39-35-36-40-38(42)34-32-30-28-26-24-22-20-18-16-14-12-10-8-6-4-2;1-2-3-4-5-6-7-8-9-10-11-12-13-14-15-16-17-18-23(19-21-24)20-22-25;1-2-3-4-5-6-7-8-9-10-11-12-13-14-15-16-17-18-19-20-21-22(23)24/h3-36H2,1-2H3,(H,39,41)(H,40,42);24-25H,2-22H2,1H3;9-10H,2-8,11-21H2,1H3,(H2,23,24)/b;;10-9-. The molecule has 0 radical (unpaired) electrons. The van der Waals surface area contributed by atoms with Crippen LogP contribution in [0.25, 0.3) is 0 Å². The van der Waals surface area contributed by atoms with Crippen LogP contribution < -0.4 is 16.4 Å². The molecular formula is C82H166N4O5. The zero-order chi connectivity index (χ0) is 66.8. The lowest BCUT2D eigenvalue weighted by atomic mass is 10.0. The van der Waals surface area contributed by atoms with E-state index in [4.69, 9.17) is 15.9 Å². The van der Waals surface area contributed by atoms with Crippen molar-refractivity contribution in [2.24, 2.45) is 5.73 Å². The van der Waals surface area contributed by atoms with Gasteiger partial charge >= 0.3 is 0 Å². The monoisotopic (exact) mass is 1290 g/mol. The molecule has 0 aliphatic heterocycles. The molecule has 9 heteroatoms. The fourth-order valence-electron chi connectivity index (χ4n) is 12.5. The fourth-order valence-corrected chi connectivity index (χ4v) is 12.5. The van der Waals surface area contributed by atoms with Gasteiger partial charge in [0.2, 0.25) is 17.7 Å². The van der Waals surface area contributed by atoms with E-state index in [2.05, 4.69) is 55.4 Å². The van der Waals surface area contributed by atoms with Gasteiger partial charge < -0.3 is 26.6 Å². The van der Waals surface area contributed by atoms with Crippen molar-refractivity contribution in [3.8, 4) is 0 Å². The number of aliphatic hydroxyl groups excluding tert-OH is 2. The van der Waals surface area contributed by atoms with Crippen molar-refractivity contribution in [1.29, 1.82) is 0 Å². The summed E-state index contributed by atoms with van der Waals surface area (Å²) in [6, 6.07) is 0. The molecule has 9 nitrogen and oxygen atoms in total. The topological polar surface area (TPSA) is 145 Å². The summed E-state index contributed by atoms with van der Waals surface area (Å²) in [6.07, 6.45) is 91.6. The van der Waals surface area contributed by atoms with E-state index >= 15 is 0 Å². The highest BCUT2D eigenvalue weighted by molar-refractivity contribution is 5.77. The van der Waals surface area contributed by atoms with Crippen LogP contribution in [-0.4, -0.2) is 78.8 Å². The lowest BCUT2D eigenvalue weighted by Crippen LogP contribution is -2.34. The first-order chi connectivity index (χ1) is 44.8. The number of hydrogen-bond donors (Lipinski definition) is 5. The highest BCUT2D eigenvalue weighted by atomic mass is 16.3. The molecule has 3 amide bonds. The maximum Gasteiger partial charge on any atom is 0.220 e. The van der Waals surface area contributed by atoms with Crippen molar-refractivity contribution in [2.75, 3.05) is 45.9 Å². The molecule has 0 rings (SSSR count). The molecule has 0 saturated carbocycles. The molecule has 0 aromatic rings.